The Balaban J connectivity index is 1.41. The molecule has 2 nitrogen and oxygen atoms in total. The van der Waals surface area contributed by atoms with Gasteiger partial charge in [-0.25, -0.2) is 4.39 Å². The van der Waals surface area contributed by atoms with E-state index in [2.05, 4.69) is 77.7 Å². The van der Waals surface area contributed by atoms with Crippen molar-refractivity contribution in [1.29, 1.82) is 0 Å². The van der Waals surface area contributed by atoms with Crippen LogP contribution in [0.2, 0.25) is 0 Å². The Labute approximate surface area is 232 Å². The van der Waals surface area contributed by atoms with Gasteiger partial charge in [-0.15, -0.1) is 0 Å². The first-order chi connectivity index (χ1) is 19.8. The summed E-state index contributed by atoms with van der Waals surface area (Å²) < 4.78 is 15.3. The smallest absolute Gasteiger partial charge is 0.147 e. The highest BCUT2D eigenvalue weighted by molar-refractivity contribution is 6.27. The molecule has 40 heavy (non-hydrogen) atoms. The number of benzene rings is 7. The van der Waals surface area contributed by atoms with Gasteiger partial charge in [0.15, 0.2) is 0 Å². The zero-order chi connectivity index (χ0) is 26.6. The molecule has 8 rings (SSSR count). The number of nitrogens with zero attached hydrogens (tertiary/aromatic N) is 2. The fraction of sp³-hybridized carbons (Fsp3) is 0.0811. The lowest BCUT2D eigenvalue weighted by Crippen LogP contribution is -2.24. The predicted octanol–water partition coefficient (Wildman–Crippen LogP) is 10.3. The quantitative estimate of drug-likeness (QED) is 0.214. The Morgan fingerprint density at radius 1 is 0.550 bits per heavy atom. The number of hydrogen-bond donors (Lipinski definition) is 0. The molecule has 192 valence electrons. The van der Waals surface area contributed by atoms with Crippen molar-refractivity contribution in [2.24, 2.45) is 0 Å². The first-order valence-corrected chi connectivity index (χ1v) is 13.9. The molecule has 0 spiro atoms. The van der Waals surface area contributed by atoms with Gasteiger partial charge in [0.1, 0.15) is 5.82 Å². The minimum absolute atomic E-state index is 0.247. The minimum atomic E-state index is -0.247. The van der Waals surface area contributed by atoms with E-state index in [1.807, 2.05) is 47.4 Å². The number of aryl methyl sites for hydroxylation is 1. The Morgan fingerprint density at radius 3 is 2.08 bits per heavy atom. The lowest BCUT2D eigenvalue weighted by Gasteiger charge is -2.33. The SMILES string of the molecule is Fc1ccccc1N(c1ccccc1)c1ccc2ccc3c(N4CCCc5ccccc54)ccc4ccc1c2c43. The maximum atomic E-state index is 15.3. The fourth-order valence-corrected chi connectivity index (χ4v) is 6.60. The first kappa shape index (κ1) is 23.0. The maximum Gasteiger partial charge on any atom is 0.147 e. The molecule has 1 aliphatic rings. The van der Waals surface area contributed by atoms with Crippen LogP contribution in [0.4, 0.5) is 32.8 Å². The Kier molecular flexibility index (Phi) is 5.24. The summed E-state index contributed by atoms with van der Waals surface area (Å²) in [6, 6.07) is 43.7. The standard InChI is InChI=1S/C37H27FN2/c38-31-13-5-7-15-35(31)40(28-11-2-1-3-12-28)34-23-19-27-16-20-29-33(22-18-26-17-21-30(34)37(27)36(26)29)39-24-8-10-25-9-4-6-14-32(25)39/h1-7,9,11-23H,8,10,24H2. The van der Waals surface area contributed by atoms with Crippen LogP contribution in [0, 0.1) is 5.82 Å². The molecule has 3 heteroatoms. The molecule has 0 aromatic heterocycles. The highest BCUT2D eigenvalue weighted by Gasteiger charge is 2.23. The van der Waals surface area contributed by atoms with Crippen molar-refractivity contribution in [1.82, 2.24) is 0 Å². The van der Waals surface area contributed by atoms with Crippen molar-refractivity contribution < 1.29 is 4.39 Å². The van der Waals surface area contributed by atoms with Gasteiger partial charge in [0, 0.05) is 34.4 Å². The molecular weight excluding hydrogens is 491 g/mol. The molecule has 1 heterocycles. The van der Waals surface area contributed by atoms with Gasteiger partial charge in [-0.2, -0.15) is 0 Å². The summed E-state index contributed by atoms with van der Waals surface area (Å²) in [5, 5.41) is 7.25. The number of anilines is 5. The molecule has 0 bridgehead atoms. The third kappa shape index (κ3) is 3.48. The van der Waals surface area contributed by atoms with Gasteiger partial charge in [0.05, 0.1) is 11.4 Å². The molecule has 0 aliphatic carbocycles. The van der Waals surface area contributed by atoms with Crippen LogP contribution in [0.1, 0.15) is 12.0 Å². The number of fused-ring (bicyclic) bond motifs is 1. The monoisotopic (exact) mass is 518 g/mol. The molecule has 0 amide bonds. The fourth-order valence-electron chi connectivity index (χ4n) is 6.60. The topological polar surface area (TPSA) is 6.48 Å². The van der Waals surface area contributed by atoms with Crippen molar-refractivity contribution in [3.63, 3.8) is 0 Å². The molecule has 7 aromatic rings. The van der Waals surface area contributed by atoms with Crippen LogP contribution < -0.4 is 9.80 Å². The number of halogens is 1. The molecule has 0 N–H and O–H groups in total. The zero-order valence-electron chi connectivity index (χ0n) is 22.0. The summed E-state index contributed by atoms with van der Waals surface area (Å²) in [7, 11) is 0. The number of para-hydroxylation sites is 3. The summed E-state index contributed by atoms with van der Waals surface area (Å²) in [6.45, 7) is 1.00. The van der Waals surface area contributed by atoms with Crippen LogP contribution in [0.15, 0.2) is 127 Å². The number of rotatable bonds is 4. The van der Waals surface area contributed by atoms with Gasteiger partial charge in [-0.1, -0.05) is 84.9 Å². The van der Waals surface area contributed by atoms with Gasteiger partial charge in [-0.3, -0.25) is 0 Å². The van der Waals surface area contributed by atoms with E-state index in [1.165, 1.54) is 49.9 Å². The Bertz CT molecular complexity index is 2010. The third-order valence-corrected chi connectivity index (χ3v) is 8.37. The van der Waals surface area contributed by atoms with Crippen LogP contribution in [-0.2, 0) is 6.42 Å². The summed E-state index contributed by atoms with van der Waals surface area (Å²) in [5.41, 5.74) is 6.38. The van der Waals surface area contributed by atoms with Gasteiger partial charge in [0.2, 0.25) is 0 Å². The van der Waals surface area contributed by atoms with Crippen LogP contribution in [0.3, 0.4) is 0 Å². The highest BCUT2D eigenvalue weighted by atomic mass is 19.1. The lowest BCUT2D eigenvalue weighted by atomic mass is 9.91. The molecular formula is C37H27FN2. The van der Waals surface area contributed by atoms with Crippen molar-refractivity contribution in [2.45, 2.75) is 12.8 Å². The number of hydrogen-bond acceptors (Lipinski definition) is 2. The van der Waals surface area contributed by atoms with Crippen molar-refractivity contribution >= 4 is 60.8 Å². The molecule has 0 saturated heterocycles. The second-order valence-electron chi connectivity index (χ2n) is 10.6. The summed E-state index contributed by atoms with van der Waals surface area (Å²) in [6.07, 6.45) is 2.26. The third-order valence-electron chi connectivity index (χ3n) is 8.37. The normalized spacial score (nSPS) is 13.3. The Hall–Kier alpha value is -4.89. The average Bonchev–Trinajstić information content (AvgIpc) is 3.01. The summed E-state index contributed by atoms with van der Waals surface area (Å²) in [4.78, 5) is 4.53. The van der Waals surface area contributed by atoms with Crippen LogP contribution in [0.25, 0.3) is 32.3 Å². The predicted molar refractivity (Wildman–Crippen MR) is 167 cm³/mol. The van der Waals surface area contributed by atoms with Crippen LogP contribution in [0.5, 0.6) is 0 Å². The molecule has 7 aromatic carbocycles. The van der Waals surface area contributed by atoms with E-state index < -0.39 is 0 Å². The van der Waals surface area contributed by atoms with Gasteiger partial charge >= 0.3 is 0 Å². The Morgan fingerprint density at radius 2 is 1.23 bits per heavy atom. The highest BCUT2D eigenvalue weighted by Crippen LogP contribution is 2.47. The molecule has 0 fully saturated rings. The van der Waals surface area contributed by atoms with Crippen molar-refractivity contribution in [2.75, 3.05) is 16.3 Å². The van der Waals surface area contributed by atoms with E-state index in [4.69, 9.17) is 0 Å². The van der Waals surface area contributed by atoms with E-state index >= 15 is 4.39 Å². The minimum Gasteiger partial charge on any atom is -0.341 e. The molecule has 0 saturated carbocycles. The lowest BCUT2D eigenvalue weighted by molar-refractivity contribution is 0.629. The van der Waals surface area contributed by atoms with E-state index in [9.17, 15) is 0 Å². The van der Waals surface area contributed by atoms with Crippen molar-refractivity contribution in [3.05, 3.63) is 139 Å². The van der Waals surface area contributed by atoms with E-state index in [0.717, 1.165) is 36.1 Å². The molecule has 0 atom stereocenters. The van der Waals surface area contributed by atoms with E-state index in [-0.39, 0.29) is 5.82 Å². The maximum absolute atomic E-state index is 15.3. The first-order valence-electron chi connectivity index (χ1n) is 13.9. The molecule has 0 unspecified atom stereocenters. The van der Waals surface area contributed by atoms with Crippen LogP contribution in [-0.4, -0.2) is 6.54 Å². The van der Waals surface area contributed by atoms with Gasteiger partial charge < -0.3 is 9.80 Å². The molecule has 1 aliphatic heterocycles. The van der Waals surface area contributed by atoms with E-state index in [0.29, 0.717) is 5.69 Å². The van der Waals surface area contributed by atoms with Gasteiger partial charge in [0.25, 0.3) is 0 Å². The summed E-state index contributed by atoms with van der Waals surface area (Å²) >= 11 is 0. The van der Waals surface area contributed by atoms with Crippen LogP contribution >= 0.6 is 0 Å². The van der Waals surface area contributed by atoms with E-state index in [1.54, 1.807) is 6.07 Å². The largest absolute Gasteiger partial charge is 0.341 e. The van der Waals surface area contributed by atoms with Gasteiger partial charge in [-0.05, 0) is 82.4 Å². The molecule has 0 radical (unpaired) electrons. The zero-order valence-corrected chi connectivity index (χ0v) is 22.0. The average molecular weight is 519 g/mol. The summed E-state index contributed by atoms with van der Waals surface area (Å²) in [5.74, 6) is -0.247. The second kappa shape index (κ2) is 9.10. The van der Waals surface area contributed by atoms with Crippen molar-refractivity contribution in [3.8, 4) is 0 Å². The second-order valence-corrected chi connectivity index (χ2v) is 10.6.